The molecule has 84 valence electrons. The zero-order chi connectivity index (χ0) is 11.0. The summed E-state index contributed by atoms with van der Waals surface area (Å²) < 4.78 is 11.0. The van der Waals surface area contributed by atoms with Crippen molar-refractivity contribution in [2.45, 2.75) is 25.0 Å². The highest BCUT2D eigenvalue weighted by molar-refractivity contribution is 5.73. The molecule has 0 aromatic rings. The highest BCUT2D eigenvalue weighted by atomic mass is 16.6. The Hall–Kier alpha value is -1.06. The molecule has 16 heavy (non-hydrogen) atoms. The summed E-state index contributed by atoms with van der Waals surface area (Å²) in [7, 11) is 0. The van der Waals surface area contributed by atoms with E-state index in [1.807, 2.05) is 0 Å². The molecule has 0 saturated heterocycles. The van der Waals surface area contributed by atoms with Crippen molar-refractivity contribution in [3.63, 3.8) is 0 Å². The van der Waals surface area contributed by atoms with Gasteiger partial charge in [0.1, 0.15) is 11.2 Å². The zero-order valence-corrected chi connectivity index (χ0v) is 9.10. The van der Waals surface area contributed by atoms with Gasteiger partial charge in [-0.2, -0.15) is 0 Å². The highest BCUT2D eigenvalue weighted by Gasteiger charge is 3.13. The maximum atomic E-state index is 11.1. The van der Waals surface area contributed by atoms with E-state index in [-0.39, 0.29) is 23.1 Å². The summed E-state index contributed by atoms with van der Waals surface area (Å²) >= 11 is 0. The van der Waals surface area contributed by atoms with Gasteiger partial charge in [0, 0.05) is 49.4 Å². The van der Waals surface area contributed by atoms with Crippen molar-refractivity contribution in [1.29, 1.82) is 0 Å². The normalized spacial score (nSPS) is 68.4. The van der Waals surface area contributed by atoms with Gasteiger partial charge in [0.05, 0.1) is 0 Å². The molecule has 0 N–H and O–H groups in total. The van der Waals surface area contributed by atoms with Crippen molar-refractivity contribution in [2.75, 3.05) is 0 Å². The molecular formula is C12H12O4. The fourth-order valence-electron chi connectivity index (χ4n) is 6.24. The molecule has 0 amide bonds. The minimum atomic E-state index is -0.155. The zero-order valence-electron chi connectivity index (χ0n) is 9.10. The molecule has 4 heteroatoms. The number of ether oxygens (including phenoxy) is 2. The monoisotopic (exact) mass is 220 g/mol. The van der Waals surface area contributed by atoms with Crippen molar-refractivity contribution in [3.05, 3.63) is 0 Å². The summed E-state index contributed by atoms with van der Waals surface area (Å²) in [5.41, 5.74) is -0.179. The number of rotatable bonds is 2. The summed E-state index contributed by atoms with van der Waals surface area (Å²) in [4.78, 5) is 22.2. The van der Waals surface area contributed by atoms with Crippen molar-refractivity contribution in [3.8, 4) is 0 Å². The molecule has 0 radical (unpaired) electrons. The van der Waals surface area contributed by atoms with Crippen LogP contribution in [0.5, 0.6) is 0 Å². The molecule has 6 aliphatic carbocycles. The Morgan fingerprint density at radius 3 is 1.19 bits per heavy atom. The highest BCUT2D eigenvalue weighted by Crippen LogP contribution is 3.05. The molecule has 0 aromatic heterocycles. The lowest BCUT2D eigenvalue weighted by atomic mass is 8.97. The van der Waals surface area contributed by atoms with Gasteiger partial charge in [0.15, 0.2) is 0 Å². The van der Waals surface area contributed by atoms with Gasteiger partial charge in [0.2, 0.25) is 0 Å². The lowest BCUT2D eigenvalue weighted by Gasteiger charge is -3.07. The van der Waals surface area contributed by atoms with E-state index in [9.17, 15) is 9.59 Å². The van der Waals surface area contributed by atoms with Crippen molar-refractivity contribution in [2.24, 2.45) is 35.5 Å². The molecule has 0 heterocycles. The molecule has 4 nitrogen and oxygen atoms in total. The predicted molar refractivity (Wildman–Crippen MR) is 49.9 cm³/mol. The summed E-state index contributed by atoms with van der Waals surface area (Å²) in [5.74, 6) is 2.83. The summed E-state index contributed by atoms with van der Waals surface area (Å²) in [6.07, 6.45) is 0. The van der Waals surface area contributed by atoms with E-state index in [0.29, 0.717) is 35.5 Å². The average Bonchev–Trinajstić information content (AvgIpc) is 2.21. The Morgan fingerprint density at radius 2 is 1.00 bits per heavy atom. The molecule has 0 aromatic carbocycles. The third-order valence-electron chi connectivity index (χ3n) is 6.09. The van der Waals surface area contributed by atoms with Crippen molar-refractivity contribution < 1.29 is 19.1 Å². The second-order valence-electron chi connectivity index (χ2n) is 6.05. The molecule has 0 spiro atoms. The molecule has 6 saturated carbocycles. The van der Waals surface area contributed by atoms with Crippen LogP contribution in [0.2, 0.25) is 0 Å². The van der Waals surface area contributed by atoms with E-state index in [0.717, 1.165) is 0 Å². The average molecular weight is 220 g/mol. The van der Waals surface area contributed by atoms with Gasteiger partial charge < -0.3 is 9.47 Å². The Kier molecular flexibility index (Phi) is 0.865. The lowest BCUT2D eigenvalue weighted by Crippen LogP contribution is -3.16. The van der Waals surface area contributed by atoms with Crippen LogP contribution < -0.4 is 0 Å². The topological polar surface area (TPSA) is 52.6 Å². The minimum absolute atomic E-state index is 0.0896. The standard InChI is InChI=1S/C12H12O4/c1-3(13)15-11-5-8-6(11)10-7(11)9(5)12(8,10)16-4(2)14/h5-10H,1-2H3. The van der Waals surface area contributed by atoms with Crippen LogP contribution in [-0.4, -0.2) is 23.1 Å². The van der Waals surface area contributed by atoms with Crippen molar-refractivity contribution >= 4 is 11.9 Å². The van der Waals surface area contributed by atoms with E-state index in [2.05, 4.69) is 0 Å². The maximum absolute atomic E-state index is 11.1. The van der Waals surface area contributed by atoms with Crippen LogP contribution in [0.3, 0.4) is 0 Å². The van der Waals surface area contributed by atoms with Gasteiger partial charge in [-0.25, -0.2) is 0 Å². The van der Waals surface area contributed by atoms with Crippen LogP contribution in [0.15, 0.2) is 0 Å². The van der Waals surface area contributed by atoms with Gasteiger partial charge in [-0.1, -0.05) is 0 Å². The van der Waals surface area contributed by atoms with E-state index >= 15 is 0 Å². The van der Waals surface area contributed by atoms with Crippen LogP contribution in [0.25, 0.3) is 0 Å². The fourth-order valence-corrected chi connectivity index (χ4v) is 6.24. The third-order valence-corrected chi connectivity index (χ3v) is 6.09. The molecule has 6 fully saturated rings. The smallest absolute Gasteiger partial charge is 0.303 e. The molecule has 6 rings (SSSR count). The van der Waals surface area contributed by atoms with Gasteiger partial charge >= 0.3 is 11.9 Å². The second kappa shape index (κ2) is 1.71. The molecule has 6 aliphatic rings. The van der Waals surface area contributed by atoms with Crippen LogP contribution in [0.4, 0.5) is 0 Å². The van der Waals surface area contributed by atoms with Crippen LogP contribution in [-0.2, 0) is 19.1 Å². The molecule has 0 bridgehead atoms. The van der Waals surface area contributed by atoms with Gasteiger partial charge in [-0.05, 0) is 0 Å². The minimum Gasteiger partial charge on any atom is -0.458 e. The van der Waals surface area contributed by atoms with Gasteiger partial charge in [-0.15, -0.1) is 0 Å². The van der Waals surface area contributed by atoms with Crippen LogP contribution in [0.1, 0.15) is 13.8 Å². The van der Waals surface area contributed by atoms with E-state index in [4.69, 9.17) is 9.47 Å². The molecular weight excluding hydrogens is 208 g/mol. The Bertz CT molecular complexity index is 382. The lowest BCUT2D eigenvalue weighted by molar-refractivity contribution is -0.660. The second-order valence-corrected chi connectivity index (χ2v) is 6.05. The van der Waals surface area contributed by atoms with Crippen LogP contribution in [0, 0.1) is 35.5 Å². The van der Waals surface area contributed by atoms with Gasteiger partial charge in [0.25, 0.3) is 0 Å². The number of hydrogen-bond acceptors (Lipinski definition) is 4. The SMILES string of the molecule is CC(=O)OC12C3C4C1C1C2C3C41OC(C)=O. The van der Waals surface area contributed by atoms with Crippen LogP contribution >= 0.6 is 0 Å². The Morgan fingerprint density at radius 1 is 0.750 bits per heavy atom. The first kappa shape index (κ1) is 8.09. The first-order valence-electron chi connectivity index (χ1n) is 5.96. The number of carbonyl (C=O) groups is 2. The van der Waals surface area contributed by atoms with Crippen molar-refractivity contribution in [1.82, 2.24) is 0 Å². The quantitative estimate of drug-likeness (QED) is 0.630. The Labute approximate surface area is 92.3 Å². The third kappa shape index (κ3) is 0.388. The predicted octanol–water partition coefficient (Wildman–Crippen LogP) is 0.355. The summed E-state index contributed by atoms with van der Waals surface area (Å²) in [5, 5.41) is 0. The van der Waals surface area contributed by atoms with E-state index in [1.54, 1.807) is 0 Å². The number of hydrogen-bond donors (Lipinski definition) is 0. The van der Waals surface area contributed by atoms with E-state index < -0.39 is 0 Å². The summed E-state index contributed by atoms with van der Waals surface area (Å²) in [6.45, 7) is 2.98. The number of carbonyl (C=O) groups excluding carboxylic acids is 2. The van der Waals surface area contributed by atoms with Gasteiger partial charge in [-0.3, -0.25) is 9.59 Å². The molecule has 0 unspecified atom stereocenters. The largest absolute Gasteiger partial charge is 0.458 e. The molecule has 0 atom stereocenters. The first-order valence-corrected chi connectivity index (χ1v) is 5.96. The summed E-state index contributed by atoms with van der Waals surface area (Å²) in [6, 6.07) is 0. The number of esters is 2. The maximum Gasteiger partial charge on any atom is 0.303 e. The Balaban J connectivity index is 1.46. The first-order chi connectivity index (χ1) is 7.57. The fraction of sp³-hybridized carbons (Fsp3) is 0.833. The molecule has 0 aliphatic heterocycles. The van der Waals surface area contributed by atoms with E-state index in [1.165, 1.54) is 13.8 Å².